The van der Waals surface area contributed by atoms with Gasteiger partial charge in [-0.3, -0.25) is 10.1 Å². The van der Waals surface area contributed by atoms with Crippen LogP contribution in [0.25, 0.3) is 0 Å². The van der Waals surface area contributed by atoms with Crippen LogP contribution < -0.4 is 16.0 Å². The topological polar surface area (TPSA) is 83.1 Å². The van der Waals surface area contributed by atoms with E-state index in [1.54, 1.807) is 13.0 Å². The third kappa shape index (κ3) is 5.14. The molecule has 0 aliphatic heterocycles. The molecule has 0 aliphatic carbocycles. The van der Waals surface area contributed by atoms with Crippen molar-refractivity contribution in [3.05, 3.63) is 75.8 Å². The van der Waals surface area contributed by atoms with E-state index >= 15 is 0 Å². The average molecular weight is 416 g/mol. The molecular formula is C20H18F2N4O2S. The quantitative estimate of drug-likeness (QED) is 0.568. The van der Waals surface area contributed by atoms with Crippen LogP contribution in [0.5, 0.6) is 0 Å². The first kappa shape index (κ1) is 20.4. The first-order valence-electron chi connectivity index (χ1n) is 8.66. The molecule has 0 unspecified atom stereocenters. The highest BCUT2D eigenvalue weighted by atomic mass is 32.1. The minimum absolute atomic E-state index is 0.223. The summed E-state index contributed by atoms with van der Waals surface area (Å²) in [6, 6.07) is 10.3. The largest absolute Gasteiger partial charge is 0.347 e. The van der Waals surface area contributed by atoms with Crippen molar-refractivity contribution in [2.45, 2.75) is 20.4 Å². The van der Waals surface area contributed by atoms with Gasteiger partial charge in [-0.05, 0) is 43.7 Å². The number of benzene rings is 2. The molecule has 0 aliphatic rings. The average Bonchev–Trinajstić information content (AvgIpc) is 3.01. The number of nitrogens with one attached hydrogen (secondary N) is 3. The molecular weight excluding hydrogens is 398 g/mol. The maximum atomic E-state index is 13.7. The van der Waals surface area contributed by atoms with Crippen molar-refractivity contribution < 1.29 is 18.4 Å². The number of hydrogen-bond acceptors (Lipinski definition) is 4. The summed E-state index contributed by atoms with van der Waals surface area (Å²) in [5, 5.41) is 7.96. The Morgan fingerprint density at radius 3 is 2.41 bits per heavy atom. The SMILES string of the molecule is Cc1cccc(NC(=O)Nc2nc(C)c(C(=O)NCc3c(F)cccc3F)s2)c1. The molecule has 0 saturated heterocycles. The van der Waals surface area contributed by atoms with Crippen LogP contribution in [-0.4, -0.2) is 16.9 Å². The number of hydrogen-bond donors (Lipinski definition) is 3. The van der Waals surface area contributed by atoms with Crippen LogP contribution in [0.1, 0.15) is 26.5 Å². The number of amides is 3. The van der Waals surface area contributed by atoms with E-state index in [4.69, 9.17) is 0 Å². The second-order valence-electron chi connectivity index (χ2n) is 6.27. The lowest BCUT2D eigenvalue weighted by Gasteiger charge is -2.06. The van der Waals surface area contributed by atoms with Gasteiger partial charge in [-0.2, -0.15) is 0 Å². The molecule has 1 heterocycles. The van der Waals surface area contributed by atoms with Crippen LogP contribution in [0.2, 0.25) is 0 Å². The predicted octanol–water partition coefficient (Wildman–Crippen LogP) is 4.61. The summed E-state index contributed by atoms with van der Waals surface area (Å²) in [4.78, 5) is 28.9. The van der Waals surface area contributed by atoms with E-state index in [1.807, 2.05) is 25.1 Å². The standard InChI is InChI=1S/C20H18F2N4O2S/c1-11-5-3-6-13(9-11)25-19(28)26-20-24-12(2)17(29-20)18(27)23-10-14-15(21)7-4-8-16(14)22/h3-9H,10H2,1-2H3,(H,23,27)(H2,24,25,26,28). The lowest BCUT2D eigenvalue weighted by atomic mass is 10.2. The zero-order valence-corrected chi connectivity index (χ0v) is 16.5. The molecule has 3 N–H and O–H groups in total. The number of carbonyl (C=O) groups is 2. The molecule has 0 spiro atoms. The minimum atomic E-state index is -0.735. The van der Waals surface area contributed by atoms with Crippen LogP contribution in [0.15, 0.2) is 42.5 Å². The fourth-order valence-electron chi connectivity index (χ4n) is 2.59. The van der Waals surface area contributed by atoms with Crippen LogP contribution in [0.3, 0.4) is 0 Å². The van der Waals surface area contributed by atoms with Crippen molar-refractivity contribution in [1.29, 1.82) is 0 Å². The van der Waals surface area contributed by atoms with Gasteiger partial charge in [-0.25, -0.2) is 18.6 Å². The molecule has 0 atom stereocenters. The number of nitrogens with zero attached hydrogens (tertiary/aromatic N) is 1. The number of anilines is 2. The second kappa shape index (κ2) is 8.78. The molecule has 3 aromatic rings. The van der Waals surface area contributed by atoms with Crippen LogP contribution >= 0.6 is 11.3 Å². The van der Waals surface area contributed by atoms with Crippen molar-refractivity contribution >= 4 is 34.1 Å². The van der Waals surface area contributed by atoms with Gasteiger partial charge in [0.05, 0.1) is 5.69 Å². The lowest BCUT2D eigenvalue weighted by Crippen LogP contribution is -2.23. The van der Waals surface area contributed by atoms with E-state index in [9.17, 15) is 18.4 Å². The third-order valence-electron chi connectivity index (χ3n) is 3.99. The molecule has 150 valence electrons. The molecule has 9 heteroatoms. The zero-order valence-electron chi connectivity index (χ0n) is 15.7. The van der Waals surface area contributed by atoms with Gasteiger partial charge in [0.1, 0.15) is 16.5 Å². The van der Waals surface area contributed by atoms with Gasteiger partial charge in [0, 0.05) is 17.8 Å². The molecule has 3 amide bonds. The Morgan fingerprint density at radius 1 is 1.03 bits per heavy atom. The molecule has 3 rings (SSSR count). The molecule has 0 fully saturated rings. The Hall–Kier alpha value is -3.33. The molecule has 29 heavy (non-hydrogen) atoms. The number of aromatic nitrogens is 1. The normalized spacial score (nSPS) is 10.5. The molecule has 0 saturated carbocycles. The molecule has 2 aromatic carbocycles. The zero-order chi connectivity index (χ0) is 21.0. The summed E-state index contributed by atoms with van der Waals surface area (Å²) in [7, 11) is 0. The Kier molecular flexibility index (Phi) is 6.18. The summed E-state index contributed by atoms with van der Waals surface area (Å²) in [6.07, 6.45) is 0. The molecule has 6 nitrogen and oxygen atoms in total. The second-order valence-corrected chi connectivity index (χ2v) is 7.26. The number of aryl methyl sites for hydroxylation is 2. The lowest BCUT2D eigenvalue weighted by molar-refractivity contribution is 0.0953. The first-order valence-corrected chi connectivity index (χ1v) is 9.48. The summed E-state index contributed by atoms with van der Waals surface area (Å²) in [6.45, 7) is 3.22. The molecule has 0 bridgehead atoms. The van der Waals surface area contributed by atoms with Crippen molar-refractivity contribution in [1.82, 2.24) is 10.3 Å². The maximum Gasteiger partial charge on any atom is 0.325 e. The molecule has 1 aromatic heterocycles. The fraction of sp³-hybridized carbons (Fsp3) is 0.150. The Morgan fingerprint density at radius 2 is 1.72 bits per heavy atom. The van der Waals surface area contributed by atoms with Crippen molar-refractivity contribution in [3.8, 4) is 0 Å². The summed E-state index contributed by atoms with van der Waals surface area (Å²) in [5.74, 6) is -2.00. The van der Waals surface area contributed by atoms with Crippen LogP contribution in [0, 0.1) is 25.5 Å². The number of carbonyl (C=O) groups excluding carboxylic acids is 2. The number of halogens is 2. The summed E-state index contributed by atoms with van der Waals surface area (Å²) in [5.41, 5.74) is 1.80. The van der Waals surface area contributed by atoms with Gasteiger partial charge in [-0.15, -0.1) is 0 Å². The Balaban J connectivity index is 1.63. The monoisotopic (exact) mass is 416 g/mol. The minimum Gasteiger partial charge on any atom is -0.347 e. The number of urea groups is 1. The highest BCUT2D eigenvalue weighted by Crippen LogP contribution is 2.23. The van der Waals surface area contributed by atoms with E-state index in [1.165, 1.54) is 6.07 Å². The van der Waals surface area contributed by atoms with Crippen molar-refractivity contribution in [3.63, 3.8) is 0 Å². The van der Waals surface area contributed by atoms with Crippen molar-refractivity contribution in [2.24, 2.45) is 0 Å². The fourth-order valence-corrected chi connectivity index (χ4v) is 3.47. The number of thiazole rings is 1. The summed E-state index contributed by atoms with van der Waals surface area (Å²) >= 11 is 0.971. The van der Waals surface area contributed by atoms with Gasteiger partial charge < -0.3 is 10.6 Å². The Bertz CT molecular complexity index is 1050. The molecule has 0 radical (unpaired) electrons. The summed E-state index contributed by atoms with van der Waals surface area (Å²) < 4.78 is 27.4. The van der Waals surface area contributed by atoms with E-state index in [0.717, 1.165) is 29.0 Å². The van der Waals surface area contributed by atoms with Gasteiger partial charge in [-0.1, -0.05) is 29.5 Å². The number of rotatable bonds is 5. The van der Waals surface area contributed by atoms with E-state index in [2.05, 4.69) is 20.9 Å². The highest BCUT2D eigenvalue weighted by Gasteiger charge is 2.18. The van der Waals surface area contributed by atoms with E-state index < -0.39 is 23.6 Å². The van der Waals surface area contributed by atoms with Gasteiger partial charge in [0.2, 0.25) is 0 Å². The predicted molar refractivity (Wildman–Crippen MR) is 108 cm³/mol. The van der Waals surface area contributed by atoms with Gasteiger partial charge in [0.25, 0.3) is 5.91 Å². The van der Waals surface area contributed by atoms with Gasteiger partial charge >= 0.3 is 6.03 Å². The third-order valence-corrected chi connectivity index (χ3v) is 5.06. The smallest absolute Gasteiger partial charge is 0.325 e. The van der Waals surface area contributed by atoms with Gasteiger partial charge in [0.15, 0.2) is 5.13 Å². The van der Waals surface area contributed by atoms with Crippen LogP contribution in [0.4, 0.5) is 24.4 Å². The first-order chi connectivity index (χ1) is 13.8. The highest BCUT2D eigenvalue weighted by molar-refractivity contribution is 7.17. The van der Waals surface area contributed by atoms with E-state index in [0.29, 0.717) is 11.4 Å². The van der Waals surface area contributed by atoms with Crippen LogP contribution in [-0.2, 0) is 6.54 Å². The van der Waals surface area contributed by atoms with E-state index in [-0.39, 0.29) is 22.1 Å². The Labute approximate surface area is 170 Å². The maximum absolute atomic E-state index is 13.7. The van der Waals surface area contributed by atoms with Crippen molar-refractivity contribution in [2.75, 3.05) is 10.6 Å².